The van der Waals surface area contributed by atoms with Crippen LogP contribution < -0.4 is 10.8 Å². The molecule has 0 aromatic carbocycles. The minimum atomic E-state index is -0.118. The van der Waals surface area contributed by atoms with Crippen LogP contribution in [0.25, 0.3) is 0 Å². The van der Waals surface area contributed by atoms with Crippen LogP contribution in [0.4, 0.5) is 4.79 Å². The van der Waals surface area contributed by atoms with Crippen LogP contribution >= 0.6 is 8.73 Å². The summed E-state index contributed by atoms with van der Waals surface area (Å²) in [6.07, 6.45) is 0. The third-order valence-corrected chi connectivity index (χ3v) is 0.870. The van der Waals surface area contributed by atoms with Gasteiger partial charge in [-0.05, 0) is 0 Å². The molecule has 1 unspecified atom stereocenters. The van der Waals surface area contributed by atoms with E-state index >= 15 is 0 Å². The first kappa shape index (κ1) is 5.86. The van der Waals surface area contributed by atoms with Gasteiger partial charge >= 0.3 is 0 Å². The topological polar surface area (TPSA) is 55.1 Å². The van der Waals surface area contributed by atoms with Crippen molar-refractivity contribution in [2.75, 3.05) is 7.05 Å². The molecule has 0 radical (unpaired) electrons. The van der Waals surface area contributed by atoms with E-state index in [1.807, 2.05) is 0 Å². The molecule has 4 heteroatoms. The lowest BCUT2D eigenvalue weighted by molar-refractivity contribution is 0.262. The fourth-order valence-electron chi connectivity index (χ4n) is 0.0722. The van der Waals surface area contributed by atoms with E-state index in [1.165, 1.54) is 0 Å². The molecule has 0 fully saturated rings. The zero-order chi connectivity index (χ0) is 4.99. The zero-order valence-electron chi connectivity index (χ0n) is 3.49. The molecular formula is C2H7N2OP. The number of hydrogen-bond donors (Lipinski definition) is 2. The van der Waals surface area contributed by atoms with Crippen LogP contribution in [0.2, 0.25) is 0 Å². The van der Waals surface area contributed by atoms with Crippen LogP contribution in [0.5, 0.6) is 0 Å². The summed E-state index contributed by atoms with van der Waals surface area (Å²) in [5.41, 5.74) is 4.80. The molecule has 0 saturated heterocycles. The summed E-state index contributed by atoms with van der Waals surface area (Å²) in [4.78, 5) is 9.96. The third kappa shape index (κ3) is 2.12. The fourth-order valence-corrected chi connectivity index (χ4v) is 0.217. The summed E-state index contributed by atoms with van der Waals surface area (Å²) >= 11 is 0. The molecule has 0 aromatic rings. The quantitative estimate of drug-likeness (QED) is 0.458. The van der Waals surface area contributed by atoms with Crippen molar-refractivity contribution in [2.24, 2.45) is 5.50 Å². The van der Waals surface area contributed by atoms with Gasteiger partial charge in [0.05, 0.1) is 0 Å². The number of carbonyl (C=O) groups is 1. The van der Waals surface area contributed by atoms with Crippen molar-refractivity contribution in [3.63, 3.8) is 0 Å². The molecule has 3 nitrogen and oxygen atoms in total. The van der Waals surface area contributed by atoms with Crippen molar-refractivity contribution in [1.29, 1.82) is 0 Å². The number of rotatable bonds is 1. The Kier molecular flexibility index (Phi) is 2.99. The van der Waals surface area contributed by atoms with E-state index in [-0.39, 0.29) is 14.4 Å². The Bertz CT molecular complexity index is 49.5. The maximum atomic E-state index is 9.96. The summed E-state index contributed by atoms with van der Waals surface area (Å²) in [6.45, 7) is 0. The average molecular weight is 106 g/mol. The highest BCUT2D eigenvalue weighted by Crippen LogP contribution is 1.92. The van der Waals surface area contributed by atoms with Crippen LogP contribution in [0, 0.1) is 0 Å². The Morgan fingerprint density at radius 1 is 2.00 bits per heavy atom. The first-order chi connectivity index (χ1) is 2.81. The minimum absolute atomic E-state index is 0.102. The van der Waals surface area contributed by atoms with E-state index in [0.29, 0.717) is 0 Å². The fraction of sp³-hybridized carbons (Fsp3) is 0.500. The van der Waals surface area contributed by atoms with Crippen molar-refractivity contribution >= 4 is 14.4 Å². The molecule has 1 amide bonds. The predicted molar refractivity (Wildman–Crippen MR) is 27.0 cm³/mol. The van der Waals surface area contributed by atoms with Crippen molar-refractivity contribution in [1.82, 2.24) is 5.32 Å². The lowest BCUT2D eigenvalue weighted by Crippen LogP contribution is -2.11. The minimum Gasteiger partial charge on any atom is -0.355 e. The number of carbonyl (C=O) groups excluding carboxylic acids is 1. The highest BCUT2D eigenvalue weighted by molar-refractivity contribution is 7.55. The number of nitrogens with two attached hydrogens (primary N) is 1. The van der Waals surface area contributed by atoms with Gasteiger partial charge in [0, 0.05) is 15.8 Å². The molecule has 0 aliphatic rings. The van der Waals surface area contributed by atoms with Gasteiger partial charge in [0.25, 0.3) is 5.65 Å². The standard InChI is InChI=1S/C2H7N2OP/c1-4-2(5)6-3/h6H,3H2,1H3,(H,4,5). The Balaban J connectivity index is 2.99. The predicted octanol–water partition coefficient (Wildman–Crippen LogP) is -0.122. The largest absolute Gasteiger partial charge is 0.355 e. The van der Waals surface area contributed by atoms with Crippen molar-refractivity contribution < 1.29 is 4.79 Å². The van der Waals surface area contributed by atoms with E-state index in [4.69, 9.17) is 5.50 Å². The van der Waals surface area contributed by atoms with Gasteiger partial charge in [-0.25, -0.2) is 0 Å². The van der Waals surface area contributed by atoms with Gasteiger partial charge in [-0.15, -0.1) is 0 Å². The van der Waals surface area contributed by atoms with Crippen molar-refractivity contribution in [3.8, 4) is 0 Å². The van der Waals surface area contributed by atoms with Crippen LogP contribution in [0.15, 0.2) is 0 Å². The van der Waals surface area contributed by atoms with Gasteiger partial charge in [0.2, 0.25) is 0 Å². The van der Waals surface area contributed by atoms with Crippen molar-refractivity contribution in [2.45, 2.75) is 0 Å². The second-order valence-corrected chi connectivity index (χ2v) is 1.47. The van der Waals surface area contributed by atoms with Crippen molar-refractivity contribution in [3.05, 3.63) is 0 Å². The van der Waals surface area contributed by atoms with Gasteiger partial charge in [-0.1, -0.05) is 0 Å². The Labute approximate surface area is 38.1 Å². The van der Waals surface area contributed by atoms with E-state index < -0.39 is 0 Å². The van der Waals surface area contributed by atoms with E-state index in [0.717, 1.165) is 0 Å². The highest BCUT2D eigenvalue weighted by Gasteiger charge is 1.84. The van der Waals surface area contributed by atoms with Crippen LogP contribution in [-0.4, -0.2) is 12.7 Å². The number of nitrogens with one attached hydrogen (secondary N) is 1. The third-order valence-electron chi connectivity index (χ3n) is 0.358. The molecule has 0 rings (SSSR count). The second kappa shape index (κ2) is 3.07. The van der Waals surface area contributed by atoms with Gasteiger partial charge < -0.3 is 10.8 Å². The van der Waals surface area contributed by atoms with Gasteiger partial charge in [0.1, 0.15) is 0 Å². The monoisotopic (exact) mass is 106 g/mol. The van der Waals surface area contributed by atoms with Crippen LogP contribution in [0.1, 0.15) is 0 Å². The summed E-state index contributed by atoms with van der Waals surface area (Å²) in [5, 5.41) is 2.36. The summed E-state index contributed by atoms with van der Waals surface area (Å²) in [5.74, 6) is 0. The molecule has 36 valence electrons. The Morgan fingerprint density at radius 2 is 2.50 bits per heavy atom. The molecule has 6 heavy (non-hydrogen) atoms. The van der Waals surface area contributed by atoms with E-state index in [9.17, 15) is 4.79 Å². The Morgan fingerprint density at radius 3 is 2.50 bits per heavy atom. The molecule has 0 aliphatic carbocycles. The summed E-state index contributed by atoms with van der Waals surface area (Å²) < 4.78 is 0. The van der Waals surface area contributed by atoms with E-state index in [1.54, 1.807) is 7.05 Å². The molecule has 0 aromatic heterocycles. The van der Waals surface area contributed by atoms with Gasteiger partial charge in [0.15, 0.2) is 0 Å². The highest BCUT2D eigenvalue weighted by atomic mass is 31.1. The second-order valence-electron chi connectivity index (χ2n) is 0.723. The molecule has 0 spiro atoms. The first-order valence-corrected chi connectivity index (χ1v) is 2.57. The Hall–Kier alpha value is -0.140. The first-order valence-electron chi connectivity index (χ1n) is 1.49. The summed E-state index contributed by atoms with van der Waals surface area (Å²) in [7, 11) is 1.44. The lowest BCUT2D eigenvalue weighted by Gasteiger charge is -1.87. The lowest BCUT2D eigenvalue weighted by atomic mass is 11.2. The maximum Gasteiger partial charge on any atom is 0.252 e. The summed E-state index contributed by atoms with van der Waals surface area (Å²) in [6, 6.07) is 0. The SMILES string of the molecule is CNC(=O)PN. The van der Waals surface area contributed by atoms with Crippen LogP contribution in [0.3, 0.4) is 0 Å². The molecule has 0 aliphatic heterocycles. The number of amides is 1. The molecular weight excluding hydrogens is 99.0 g/mol. The van der Waals surface area contributed by atoms with Gasteiger partial charge in [-0.3, -0.25) is 4.79 Å². The molecule has 0 bridgehead atoms. The average Bonchev–Trinajstić information content (AvgIpc) is 1.65. The van der Waals surface area contributed by atoms with Crippen LogP contribution in [-0.2, 0) is 0 Å². The van der Waals surface area contributed by atoms with Gasteiger partial charge in [-0.2, -0.15) is 0 Å². The molecule has 0 heterocycles. The zero-order valence-corrected chi connectivity index (χ0v) is 4.49. The smallest absolute Gasteiger partial charge is 0.252 e. The normalized spacial score (nSPS) is 9.67. The molecule has 1 atom stereocenters. The molecule has 0 saturated carbocycles. The number of hydrogen-bond acceptors (Lipinski definition) is 2. The maximum absolute atomic E-state index is 9.96. The molecule has 3 N–H and O–H groups in total. The van der Waals surface area contributed by atoms with E-state index in [2.05, 4.69) is 5.32 Å².